The minimum atomic E-state index is -0.0801. The van der Waals surface area contributed by atoms with Crippen molar-refractivity contribution >= 4 is 11.6 Å². The lowest BCUT2D eigenvalue weighted by Gasteiger charge is -2.38. The molecule has 0 aliphatic carbocycles. The average molecular weight is 350 g/mol. The lowest BCUT2D eigenvalue weighted by atomic mass is 9.94. The maximum atomic E-state index is 11.6. The van der Waals surface area contributed by atoms with E-state index in [1.165, 1.54) is 22.3 Å². The summed E-state index contributed by atoms with van der Waals surface area (Å²) in [6.07, 6.45) is 0.477. The molecule has 1 saturated heterocycles. The van der Waals surface area contributed by atoms with Gasteiger partial charge in [-0.15, -0.1) is 0 Å². The molecule has 4 heteroatoms. The van der Waals surface area contributed by atoms with Crippen LogP contribution < -0.4 is 5.32 Å². The molecule has 0 bridgehead atoms. The monoisotopic (exact) mass is 350 g/mol. The van der Waals surface area contributed by atoms with Gasteiger partial charge < -0.3 is 10.1 Å². The van der Waals surface area contributed by atoms with Gasteiger partial charge in [0, 0.05) is 25.3 Å². The zero-order valence-electron chi connectivity index (χ0n) is 15.8. The SMILES string of the molecule is Cc1c(CN2CCOC(C)(C)C2)cccc1-c1ccc2c(c1)CC(=O)N2. The number of hydrogen-bond acceptors (Lipinski definition) is 3. The number of carbonyl (C=O) groups is 1. The highest BCUT2D eigenvalue weighted by molar-refractivity contribution is 5.99. The van der Waals surface area contributed by atoms with Crippen LogP contribution in [0.3, 0.4) is 0 Å². The highest BCUT2D eigenvalue weighted by atomic mass is 16.5. The van der Waals surface area contributed by atoms with Crippen LogP contribution in [-0.4, -0.2) is 36.1 Å². The number of nitrogens with one attached hydrogen (secondary N) is 1. The molecule has 0 radical (unpaired) electrons. The zero-order valence-corrected chi connectivity index (χ0v) is 15.8. The molecule has 2 aliphatic rings. The van der Waals surface area contributed by atoms with E-state index in [0.717, 1.165) is 37.5 Å². The normalized spacial score (nSPS) is 19.3. The molecule has 4 nitrogen and oxygen atoms in total. The molecule has 2 heterocycles. The number of amides is 1. The molecular weight excluding hydrogens is 324 g/mol. The Balaban J connectivity index is 1.60. The molecule has 2 aromatic rings. The third-order valence-corrected chi connectivity index (χ3v) is 5.39. The number of fused-ring (bicyclic) bond motifs is 1. The molecule has 0 spiro atoms. The van der Waals surface area contributed by atoms with Crippen LogP contribution in [0.1, 0.15) is 30.5 Å². The highest BCUT2D eigenvalue weighted by Crippen LogP contribution is 2.32. The number of hydrogen-bond donors (Lipinski definition) is 1. The largest absolute Gasteiger partial charge is 0.373 e. The second-order valence-electron chi connectivity index (χ2n) is 8.01. The first-order valence-electron chi connectivity index (χ1n) is 9.29. The van der Waals surface area contributed by atoms with Crippen molar-refractivity contribution < 1.29 is 9.53 Å². The first kappa shape index (κ1) is 17.3. The fraction of sp³-hybridized carbons (Fsp3) is 0.409. The van der Waals surface area contributed by atoms with Gasteiger partial charge in [-0.05, 0) is 60.7 Å². The summed E-state index contributed by atoms with van der Waals surface area (Å²) in [5.74, 6) is 0.0811. The molecule has 4 rings (SSSR count). The molecular formula is C22H26N2O2. The second-order valence-corrected chi connectivity index (χ2v) is 8.01. The maximum absolute atomic E-state index is 11.6. The van der Waals surface area contributed by atoms with Crippen molar-refractivity contribution in [1.29, 1.82) is 0 Å². The number of nitrogens with zero attached hydrogens (tertiary/aromatic N) is 1. The van der Waals surface area contributed by atoms with Crippen molar-refractivity contribution in [3.8, 4) is 11.1 Å². The van der Waals surface area contributed by atoms with Crippen LogP contribution in [0.25, 0.3) is 11.1 Å². The summed E-state index contributed by atoms with van der Waals surface area (Å²) in [5, 5.41) is 2.91. The van der Waals surface area contributed by atoms with Gasteiger partial charge in [-0.1, -0.05) is 24.3 Å². The molecule has 2 aliphatic heterocycles. The number of benzene rings is 2. The smallest absolute Gasteiger partial charge is 0.228 e. The predicted octanol–water partition coefficient (Wildman–Crippen LogP) is 3.77. The van der Waals surface area contributed by atoms with E-state index in [1.807, 2.05) is 6.07 Å². The van der Waals surface area contributed by atoms with E-state index < -0.39 is 0 Å². The summed E-state index contributed by atoms with van der Waals surface area (Å²) in [6, 6.07) is 12.8. The van der Waals surface area contributed by atoms with Gasteiger partial charge in [0.2, 0.25) is 5.91 Å². The first-order valence-corrected chi connectivity index (χ1v) is 9.29. The molecule has 136 valence electrons. The van der Waals surface area contributed by atoms with Crippen LogP contribution in [0.15, 0.2) is 36.4 Å². The summed E-state index contributed by atoms with van der Waals surface area (Å²) in [7, 11) is 0. The van der Waals surface area contributed by atoms with E-state index >= 15 is 0 Å². The molecule has 1 N–H and O–H groups in total. The van der Waals surface area contributed by atoms with E-state index in [0.29, 0.717) is 6.42 Å². The van der Waals surface area contributed by atoms with E-state index in [9.17, 15) is 4.79 Å². The Bertz CT molecular complexity index is 857. The third-order valence-electron chi connectivity index (χ3n) is 5.39. The van der Waals surface area contributed by atoms with E-state index in [4.69, 9.17) is 4.74 Å². The average Bonchev–Trinajstić information content (AvgIpc) is 2.95. The maximum Gasteiger partial charge on any atom is 0.228 e. The molecule has 1 amide bonds. The molecule has 0 aromatic heterocycles. The Morgan fingerprint density at radius 3 is 2.88 bits per heavy atom. The summed E-state index contributed by atoms with van der Waals surface area (Å²) in [6.45, 7) is 10.2. The number of rotatable bonds is 3. The van der Waals surface area contributed by atoms with Crippen molar-refractivity contribution in [1.82, 2.24) is 4.90 Å². The number of morpholine rings is 1. The van der Waals surface area contributed by atoms with Crippen molar-refractivity contribution in [2.45, 2.75) is 39.3 Å². The summed E-state index contributed by atoms with van der Waals surface area (Å²) >= 11 is 0. The van der Waals surface area contributed by atoms with Crippen molar-refractivity contribution in [3.63, 3.8) is 0 Å². The Labute approximate surface area is 155 Å². The molecule has 0 saturated carbocycles. The Morgan fingerprint density at radius 1 is 1.23 bits per heavy atom. The predicted molar refractivity (Wildman–Crippen MR) is 104 cm³/mol. The fourth-order valence-electron chi connectivity index (χ4n) is 4.05. The Hall–Kier alpha value is -2.17. The van der Waals surface area contributed by atoms with Crippen LogP contribution in [-0.2, 0) is 22.5 Å². The topological polar surface area (TPSA) is 41.6 Å². The van der Waals surface area contributed by atoms with Crippen LogP contribution >= 0.6 is 0 Å². The minimum absolute atomic E-state index is 0.0801. The van der Waals surface area contributed by atoms with Gasteiger partial charge in [-0.25, -0.2) is 0 Å². The summed E-state index contributed by atoms with van der Waals surface area (Å²) < 4.78 is 5.83. The van der Waals surface area contributed by atoms with E-state index in [1.54, 1.807) is 0 Å². The van der Waals surface area contributed by atoms with Crippen LogP contribution in [0.5, 0.6) is 0 Å². The summed E-state index contributed by atoms with van der Waals surface area (Å²) in [4.78, 5) is 14.1. The highest BCUT2D eigenvalue weighted by Gasteiger charge is 2.27. The fourth-order valence-corrected chi connectivity index (χ4v) is 4.05. The molecule has 1 fully saturated rings. The van der Waals surface area contributed by atoms with Gasteiger partial charge >= 0.3 is 0 Å². The standard InChI is InChI=1S/C22H26N2O2/c1-15-17(13-24-9-10-26-22(2,3)14-24)5-4-6-19(15)16-7-8-20-18(11-16)12-21(25)23-20/h4-8,11H,9-10,12-14H2,1-3H3,(H,23,25). The van der Waals surface area contributed by atoms with Crippen molar-refractivity contribution in [3.05, 3.63) is 53.1 Å². The van der Waals surface area contributed by atoms with Crippen LogP contribution in [0, 0.1) is 6.92 Å². The molecule has 26 heavy (non-hydrogen) atoms. The lowest BCUT2D eigenvalue weighted by molar-refractivity contribution is -0.115. The molecule has 2 aromatic carbocycles. The van der Waals surface area contributed by atoms with Crippen LogP contribution in [0.2, 0.25) is 0 Å². The lowest BCUT2D eigenvalue weighted by Crippen LogP contribution is -2.47. The minimum Gasteiger partial charge on any atom is -0.373 e. The van der Waals surface area contributed by atoms with Crippen molar-refractivity contribution in [2.75, 3.05) is 25.0 Å². The molecule has 0 unspecified atom stereocenters. The van der Waals surface area contributed by atoms with Gasteiger partial charge in [0.1, 0.15) is 0 Å². The van der Waals surface area contributed by atoms with Crippen molar-refractivity contribution in [2.24, 2.45) is 0 Å². The molecule has 0 atom stereocenters. The number of carbonyl (C=O) groups excluding carboxylic acids is 1. The third kappa shape index (κ3) is 3.39. The first-order chi connectivity index (χ1) is 12.4. The number of ether oxygens (including phenoxy) is 1. The van der Waals surface area contributed by atoms with Gasteiger partial charge in [-0.3, -0.25) is 9.69 Å². The van der Waals surface area contributed by atoms with Gasteiger partial charge in [0.05, 0.1) is 18.6 Å². The summed E-state index contributed by atoms with van der Waals surface area (Å²) in [5.41, 5.74) is 7.06. The van der Waals surface area contributed by atoms with Gasteiger partial charge in [0.15, 0.2) is 0 Å². The van der Waals surface area contributed by atoms with E-state index in [2.05, 4.69) is 61.3 Å². The van der Waals surface area contributed by atoms with Gasteiger partial charge in [0.25, 0.3) is 0 Å². The van der Waals surface area contributed by atoms with E-state index in [-0.39, 0.29) is 11.5 Å². The second kappa shape index (κ2) is 6.53. The Morgan fingerprint density at radius 2 is 2.08 bits per heavy atom. The zero-order chi connectivity index (χ0) is 18.3. The van der Waals surface area contributed by atoms with Crippen LogP contribution in [0.4, 0.5) is 5.69 Å². The quantitative estimate of drug-likeness (QED) is 0.916. The van der Waals surface area contributed by atoms with Gasteiger partial charge in [-0.2, -0.15) is 0 Å². The Kier molecular flexibility index (Phi) is 4.33. The number of anilines is 1.